The minimum atomic E-state index is -3.75. The second-order valence-electron chi connectivity index (χ2n) is 6.69. The fourth-order valence-corrected chi connectivity index (χ4v) is 4.15. The summed E-state index contributed by atoms with van der Waals surface area (Å²) in [6.07, 6.45) is 0. The molecule has 0 aliphatic rings. The van der Waals surface area contributed by atoms with Crippen LogP contribution >= 0.6 is 11.6 Å². The first-order chi connectivity index (χ1) is 13.8. The molecular formula is C22H21ClN2O3S. The average Bonchev–Trinajstić information content (AvgIpc) is 2.69. The molecule has 7 heteroatoms. The molecule has 0 radical (unpaired) electrons. The van der Waals surface area contributed by atoms with Gasteiger partial charge in [0.2, 0.25) is 0 Å². The second kappa shape index (κ2) is 8.68. The molecule has 0 aromatic heterocycles. The largest absolute Gasteiger partial charge is 0.346 e. The second-order valence-corrected chi connectivity index (χ2v) is 8.81. The van der Waals surface area contributed by atoms with Gasteiger partial charge in [0.05, 0.1) is 16.6 Å². The maximum Gasteiger partial charge on any atom is 0.261 e. The first-order valence-electron chi connectivity index (χ1n) is 9.01. The molecule has 0 saturated carbocycles. The summed E-state index contributed by atoms with van der Waals surface area (Å²) in [4.78, 5) is 12.6. The van der Waals surface area contributed by atoms with Crippen LogP contribution in [0.4, 0.5) is 5.69 Å². The number of nitrogens with one attached hydrogen (secondary N) is 2. The molecule has 3 rings (SSSR count). The van der Waals surface area contributed by atoms with Crippen LogP contribution in [-0.2, 0) is 10.0 Å². The third-order valence-corrected chi connectivity index (χ3v) is 6.13. The number of halogens is 1. The topological polar surface area (TPSA) is 75.3 Å². The van der Waals surface area contributed by atoms with E-state index in [2.05, 4.69) is 10.0 Å². The SMILES string of the molecule is Cc1ccccc1NS(=O)(=O)c1ccc(C(=O)NC(C)c2cccc(Cl)c2)cc1. The van der Waals surface area contributed by atoms with E-state index in [9.17, 15) is 13.2 Å². The first-order valence-corrected chi connectivity index (χ1v) is 10.9. The predicted molar refractivity (Wildman–Crippen MR) is 116 cm³/mol. The van der Waals surface area contributed by atoms with Crippen LogP contribution in [0.5, 0.6) is 0 Å². The number of rotatable bonds is 6. The molecule has 1 unspecified atom stereocenters. The molecule has 3 aromatic rings. The molecule has 0 fully saturated rings. The van der Waals surface area contributed by atoms with Crippen molar-refractivity contribution in [3.05, 3.63) is 94.5 Å². The number of aryl methyl sites for hydroxylation is 1. The summed E-state index contributed by atoms with van der Waals surface area (Å²) in [6, 6.07) is 20.0. The van der Waals surface area contributed by atoms with Gasteiger partial charge < -0.3 is 5.32 Å². The Morgan fingerprint density at radius 3 is 2.31 bits per heavy atom. The number of sulfonamides is 1. The lowest BCUT2D eigenvalue weighted by molar-refractivity contribution is 0.0940. The highest BCUT2D eigenvalue weighted by Crippen LogP contribution is 2.21. The van der Waals surface area contributed by atoms with Crippen molar-refractivity contribution in [2.24, 2.45) is 0 Å². The van der Waals surface area contributed by atoms with Gasteiger partial charge in [-0.25, -0.2) is 8.42 Å². The smallest absolute Gasteiger partial charge is 0.261 e. The minimum absolute atomic E-state index is 0.0835. The van der Waals surface area contributed by atoms with E-state index in [1.165, 1.54) is 24.3 Å². The van der Waals surface area contributed by atoms with Gasteiger partial charge in [-0.3, -0.25) is 9.52 Å². The number of carbonyl (C=O) groups is 1. The lowest BCUT2D eigenvalue weighted by atomic mass is 10.1. The normalized spacial score (nSPS) is 12.2. The van der Waals surface area contributed by atoms with Gasteiger partial charge in [0, 0.05) is 10.6 Å². The lowest BCUT2D eigenvalue weighted by Gasteiger charge is -2.15. The van der Waals surface area contributed by atoms with E-state index in [-0.39, 0.29) is 16.8 Å². The third-order valence-electron chi connectivity index (χ3n) is 4.51. The molecule has 29 heavy (non-hydrogen) atoms. The van der Waals surface area contributed by atoms with Gasteiger partial charge in [0.25, 0.3) is 15.9 Å². The zero-order valence-electron chi connectivity index (χ0n) is 16.0. The van der Waals surface area contributed by atoms with Gasteiger partial charge in [-0.2, -0.15) is 0 Å². The fourth-order valence-electron chi connectivity index (χ4n) is 2.82. The molecule has 0 aliphatic heterocycles. The van der Waals surface area contributed by atoms with E-state index in [4.69, 9.17) is 11.6 Å². The number of benzene rings is 3. The van der Waals surface area contributed by atoms with E-state index < -0.39 is 10.0 Å². The zero-order chi connectivity index (χ0) is 21.0. The van der Waals surface area contributed by atoms with E-state index in [1.54, 1.807) is 24.3 Å². The highest BCUT2D eigenvalue weighted by Gasteiger charge is 2.17. The highest BCUT2D eigenvalue weighted by molar-refractivity contribution is 7.92. The molecule has 2 N–H and O–H groups in total. The Morgan fingerprint density at radius 2 is 1.66 bits per heavy atom. The van der Waals surface area contributed by atoms with Crippen molar-refractivity contribution in [3.8, 4) is 0 Å². The summed E-state index contributed by atoms with van der Waals surface area (Å²) in [6.45, 7) is 3.68. The molecule has 0 heterocycles. The molecule has 5 nitrogen and oxygen atoms in total. The summed E-state index contributed by atoms with van der Waals surface area (Å²) >= 11 is 5.99. The van der Waals surface area contributed by atoms with Crippen molar-refractivity contribution in [2.75, 3.05) is 4.72 Å². The number of anilines is 1. The quantitative estimate of drug-likeness (QED) is 0.583. The van der Waals surface area contributed by atoms with Crippen LogP contribution in [0, 0.1) is 6.92 Å². The summed E-state index contributed by atoms with van der Waals surface area (Å²) in [5.41, 5.74) is 2.59. The molecule has 150 valence electrons. The Labute approximate surface area is 175 Å². The van der Waals surface area contributed by atoms with Gasteiger partial charge in [-0.05, 0) is 67.4 Å². The molecule has 1 amide bonds. The van der Waals surface area contributed by atoms with E-state index in [0.29, 0.717) is 16.3 Å². The van der Waals surface area contributed by atoms with Crippen molar-refractivity contribution in [3.63, 3.8) is 0 Å². The molecule has 3 aromatic carbocycles. The van der Waals surface area contributed by atoms with Gasteiger partial charge >= 0.3 is 0 Å². The Balaban J connectivity index is 1.72. The molecule has 1 atom stereocenters. The van der Waals surface area contributed by atoms with Gasteiger partial charge in [0.1, 0.15) is 0 Å². The molecule has 0 aliphatic carbocycles. The Hall–Kier alpha value is -2.83. The Kier molecular flexibility index (Phi) is 6.25. The summed E-state index contributed by atoms with van der Waals surface area (Å²) < 4.78 is 27.8. The standard InChI is InChI=1S/C22H21ClN2O3S/c1-15-6-3-4-9-21(15)25-29(27,28)20-12-10-17(11-13-20)22(26)24-16(2)18-7-5-8-19(23)14-18/h3-14,16,25H,1-2H3,(H,24,26). The number of hydrogen-bond acceptors (Lipinski definition) is 3. The Bertz CT molecular complexity index is 1130. The molecule has 0 saturated heterocycles. The summed E-state index contributed by atoms with van der Waals surface area (Å²) in [5, 5.41) is 3.48. The van der Waals surface area contributed by atoms with Crippen LogP contribution in [0.1, 0.15) is 34.5 Å². The van der Waals surface area contributed by atoms with Crippen molar-refractivity contribution in [2.45, 2.75) is 24.8 Å². The molecule has 0 spiro atoms. The number of hydrogen-bond donors (Lipinski definition) is 2. The van der Waals surface area contributed by atoms with Crippen LogP contribution < -0.4 is 10.0 Å². The van der Waals surface area contributed by atoms with Crippen molar-refractivity contribution in [1.29, 1.82) is 0 Å². The van der Waals surface area contributed by atoms with E-state index in [0.717, 1.165) is 11.1 Å². The van der Waals surface area contributed by atoms with Crippen molar-refractivity contribution >= 4 is 33.2 Å². The van der Waals surface area contributed by atoms with Crippen LogP contribution in [0.2, 0.25) is 5.02 Å². The first kappa shape index (κ1) is 20.9. The zero-order valence-corrected chi connectivity index (χ0v) is 17.6. The van der Waals surface area contributed by atoms with Crippen LogP contribution in [-0.4, -0.2) is 14.3 Å². The van der Waals surface area contributed by atoms with Gasteiger partial charge in [0.15, 0.2) is 0 Å². The summed E-state index contributed by atoms with van der Waals surface area (Å²) in [5.74, 6) is -0.298. The molecule has 0 bridgehead atoms. The van der Waals surface area contributed by atoms with Gasteiger partial charge in [-0.1, -0.05) is 41.9 Å². The lowest BCUT2D eigenvalue weighted by Crippen LogP contribution is -2.26. The van der Waals surface area contributed by atoms with E-state index >= 15 is 0 Å². The third kappa shape index (κ3) is 5.16. The monoisotopic (exact) mass is 428 g/mol. The van der Waals surface area contributed by atoms with Crippen LogP contribution in [0.25, 0.3) is 0 Å². The minimum Gasteiger partial charge on any atom is -0.346 e. The number of amides is 1. The number of carbonyl (C=O) groups excluding carboxylic acids is 1. The van der Waals surface area contributed by atoms with Crippen LogP contribution in [0.15, 0.2) is 77.7 Å². The number of para-hydroxylation sites is 1. The van der Waals surface area contributed by atoms with Crippen molar-refractivity contribution in [1.82, 2.24) is 5.32 Å². The maximum atomic E-state index is 12.6. The summed E-state index contributed by atoms with van der Waals surface area (Å²) in [7, 11) is -3.75. The van der Waals surface area contributed by atoms with Crippen molar-refractivity contribution < 1.29 is 13.2 Å². The average molecular weight is 429 g/mol. The van der Waals surface area contributed by atoms with Gasteiger partial charge in [-0.15, -0.1) is 0 Å². The van der Waals surface area contributed by atoms with E-state index in [1.807, 2.05) is 38.1 Å². The maximum absolute atomic E-state index is 12.6. The Morgan fingerprint density at radius 1 is 0.966 bits per heavy atom. The van der Waals surface area contributed by atoms with Crippen LogP contribution in [0.3, 0.4) is 0 Å². The molecular weight excluding hydrogens is 408 g/mol. The predicted octanol–water partition coefficient (Wildman–Crippen LogP) is 4.94. The fraction of sp³-hybridized carbons (Fsp3) is 0.136. The highest BCUT2D eigenvalue weighted by atomic mass is 35.5.